The van der Waals surface area contributed by atoms with E-state index in [1.54, 1.807) is 13.0 Å². The second-order valence-electron chi connectivity index (χ2n) is 6.11. The van der Waals surface area contributed by atoms with Gasteiger partial charge in [0.15, 0.2) is 9.84 Å². The molecule has 1 aromatic heterocycles. The molecule has 3 rings (SSSR count). The van der Waals surface area contributed by atoms with Crippen molar-refractivity contribution in [3.05, 3.63) is 65.4 Å². The van der Waals surface area contributed by atoms with Crippen molar-refractivity contribution in [1.82, 2.24) is 10.3 Å². The average molecular weight is 356 g/mol. The topological polar surface area (TPSA) is 79.0 Å². The Labute approximate surface area is 147 Å². The van der Waals surface area contributed by atoms with E-state index in [0.717, 1.165) is 28.3 Å². The fourth-order valence-corrected chi connectivity index (χ4v) is 3.47. The number of carbonyl (C=O) groups excluding carboxylic acids is 1. The average Bonchev–Trinajstić information content (AvgIpc) is 2.97. The van der Waals surface area contributed by atoms with E-state index < -0.39 is 9.84 Å². The number of para-hydroxylation sites is 1. The van der Waals surface area contributed by atoms with Crippen LogP contribution in [0.4, 0.5) is 0 Å². The number of aryl methyl sites for hydroxylation is 1. The minimum Gasteiger partial charge on any atom is -0.361 e. The Morgan fingerprint density at radius 2 is 1.92 bits per heavy atom. The van der Waals surface area contributed by atoms with Gasteiger partial charge in [-0.2, -0.15) is 0 Å². The lowest BCUT2D eigenvalue weighted by atomic mass is 10.1. The summed E-state index contributed by atoms with van der Waals surface area (Å²) in [6.07, 6.45) is 3.78. The molecule has 5 nitrogen and oxygen atoms in total. The van der Waals surface area contributed by atoms with E-state index in [4.69, 9.17) is 0 Å². The summed E-state index contributed by atoms with van der Waals surface area (Å²) in [4.78, 5) is 15.8. The number of hydrogen-bond acceptors (Lipinski definition) is 3. The number of aromatic nitrogens is 1. The molecule has 0 bridgehead atoms. The van der Waals surface area contributed by atoms with Crippen molar-refractivity contribution in [3.63, 3.8) is 0 Å². The number of nitrogens with one attached hydrogen (secondary N) is 2. The molecule has 130 valence electrons. The number of benzene rings is 2. The molecule has 25 heavy (non-hydrogen) atoms. The van der Waals surface area contributed by atoms with Gasteiger partial charge in [0.05, 0.1) is 4.90 Å². The van der Waals surface area contributed by atoms with Crippen molar-refractivity contribution in [2.75, 3.05) is 12.8 Å². The van der Waals surface area contributed by atoms with Crippen molar-refractivity contribution in [3.8, 4) is 0 Å². The van der Waals surface area contributed by atoms with E-state index in [1.807, 2.05) is 30.5 Å². The summed E-state index contributed by atoms with van der Waals surface area (Å²) in [5.74, 6) is -0.261. The largest absolute Gasteiger partial charge is 0.361 e. The van der Waals surface area contributed by atoms with Crippen LogP contribution in [0.3, 0.4) is 0 Å². The van der Waals surface area contributed by atoms with Crippen molar-refractivity contribution in [1.29, 1.82) is 0 Å². The summed E-state index contributed by atoms with van der Waals surface area (Å²) < 4.78 is 23.4. The van der Waals surface area contributed by atoms with Gasteiger partial charge in [-0.15, -0.1) is 0 Å². The molecule has 0 unspecified atom stereocenters. The predicted molar refractivity (Wildman–Crippen MR) is 98.6 cm³/mol. The molecule has 6 heteroatoms. The van der Waals surface area contributed by atoms with Crippen LogP contribution in [0.15, 0.2) is 53.6 Å². The van der Waals surface area contributed by atoms with Crippen LogP contribution in [0.5, 0.6) is 0 Å². The van der Waals surface area contributed by atoms with Crippen LogP contribution in [0.2, 0.25) is 0 Å². The first-order valence-corrected chi connectivity index (χ1v) is 9.89. The fourth-order valence-electron chi connectivity index (χ4n) is 2.82. The summed E-state index contributed by atoms with van der Waals surface area (Å²) in [5, 5.41) is 4.02. The second kappa shape index (κ2) is 6.72. The Hall–Kier alpha value is -2.60. The van der Waals surface area contributed by atoms with Crippen LogP contribution >= 0.6 is 0 Å². The molecular formula is C19H20N2O3S. The van der Waals surface area contributed by atoms with Crippen molar-refractivity contribution < 1.29 is 13.2 Å². The monoisotopic (exact) mass is 356 g/mol. The highest BCUT2D eigenvalue weighted by atomic mass is 32.2. The van der Waals surface area contributed by atoms with Gasteiger partial charge in [0.2, 0.25) is 0 Å². The van der Waals surface area contributed by atoms with Crippen LogP contribution in [0.1, 0.15) is 21.5 Å². The van der Waals surface area contributed by atoms with Gasteiger partial charge in [0.25, 0.3) is 5.91 Å². The molecule has 0 radical (unpaired) electrons. The normalized spacial score (nSPS) is 11.6. The predicted octanol–water partition coefficient (Wildman–Crippen LogP) is 2.85. The number of H-pyrrole nitrogens is 1. The number of sulfone groups is 1. The smallest absolute Gasteiger partial charge is 0.251 e. The van der Waals surface area contributed by atoms with Crippen molar-refractivity contribution in [2.24, 2.45) is 0 Å². The molecule has 0 spiro atoms. The van der Waals surface area contributed by atoms with Crippen LogP contribution < -0.4 is 5.32 Å². The standard InChI is InChI=1S/C19H20N2O3S/c1-13-7-8-15(25(2,23)24)11-17(13)19(22)20-10-9-14-12-21-18-6-4-3-5-16(14)18/h3-8,11-12,21H,9-10H2,1-2H3,(H,20,22). The van der Waals surface area contributed by atoms with E-state index >= 15 is 0 Å². The molecule has 2 N–H and O–H groups in total. The lowest BCUT2D eigenvalue weighted by Crippen LogP contribution is -2.26. The fraction of sp³-hybridized carbons (Fsp3) is 0.211. The molecule has 0 aliphatic rings. The van der Waals surface area contributed by atoms with E-state index in [0.29, 0.717) is 18.5 Å². The summed E-state index contributed by atoms with van der Waals surface area (Å²) in [5.41, 5.74) is 3.34. The third-order valence-corrected chi connectivity index (χ3v) is 5.35. The summed E-state index contributed by atoms with van der Waals surface area (Å²) in [6, 6.07) is 12.6. The van der Waals surface area contributed by atoms with Gasteiger partial charge in [0, 0.05) is 35.5 Å². The SMILES string of the molecule is Cc1ccc(S(C)(=O)=O)cc1C(=O)NCCc1c[nH]c2ccccc12. The highest BCUT2D eigenvalue weighted by Crippen LogP contribution is 2.18. The van der Waals surface area contributed by atoms with Gasteiger partial charge in [-0.3, -0.25) is 4.79 Å². The molecule has 2 aromatic carbocycles. The van der Waals surface area contributed by atoms with Crippen LogP contribution in [-0.4, -0.2) is 32.1 Å². The molecule has 1 heterocycles. The lowest BCUT2D eigenvalue weighted by molar-refractivity contribution is 0.0953. The van der Waals surface area contributed by atoms with E-state index in [9.17, 15) is 13.2 Å². The quantitative estimate of drug-likeness (QED) is 0.738. The van der Waals surface area contributed by atoms with Crippen molar-refractivity contribution in [2.45, 2.75) is 18.2 Å². The van der Waals surface area contributed by atoms with Gasteiger partial charge in [-0.1, -0.05) is 24.3 Å². The summed E-state index contributed by atoms with van der Waals surface area (Å²) >= 11 is 0. The van der Waals surface area contributed by atoms with Gasteiger partial charge < -0.3 is 10.3 Å². The first-order chi connectivity index (χ1) is 11.9. The molecule has 1 amide bonds. The number of amides is 1. The molecule has 0 fully saturated rings. The highest BCUT2D eigenvalue weighted by molar-refractivity contribution is 7.90. The van der Waals surface area contributed by atoms with Crippen LogP contribution in [0, 0.1) is 6.92 Å². The molecule has 0 saturated heterocycles. The summed E-state index contributed by atoms with van der Waals surface area (Å²) in [7, 11) is -3.34. The Kier molecular flexibility index (Phi) is 4.63. The number of rotatable bonds is 5. The Balaban J connectivity index is 1.71. The third kappa shape index (κ3) is 3.74. The van der Waals surface area contributed by atoms with Gasteiger partial charge >= 0.3 is 0 Å². The Bertz CT molecular complexity index is 1040. The molecule has 0 atom stereocenters. The number of hydrogen-bond donors (Lipinski definition) is 2. The molecular weight excluding hydrogens is 336 g/mol. The van der Waals surface area contributed by atoms with E-state index in [-0.39, 0.29) is 10.8 Å². The lowest BCUT2D eigenvalue weighted by Gasteiger charge is -2.09. The van der Waals surface area contributed by atoms with E-state index in [1.165, 1.54) is 12.1 Å². The van der Waals surface area contributed by atoms with Crippen molar-refractivity contribution >= 4 is 26.6 Å². The Morgan fingerprint density at radius 3 is 2.68 bits per heavy atom. The maximum atomic E-state index is 12.4. The zero-order chi connectivity index (χ0) is 18.0. The van der Waals surface area contributed by atoms with E-state index in [2.05, 4.69) is 10.3 Å². The van der Waals surface area contributed by atoms with Gasteiger partial charge in [0.1, 0.15) is 0 Å². The zero-order valence-corrected chi connectivity index (χ0v) is 15.0. The van der Waals surface area contributed by atoms with Gasteiger partial charge in [-0.25, -0.2) is 8.42 Å². The van der Waals surface area contributed by atoms with Crippen LogP contribution in [-0.2, 0) is 16.3 Å². The second-order valence-corrected chi connectivity index (χ2v) is 8.13. The minimum atomic E-state index is -3.34. The molecule has 3 aromatic rings. The Morgan fingerprint density at radius 1 is 1.16 bits per heavy atom. The number of fused-ring (bicyclic) bond motifs is 1. The van der Waals surface area contributed by atoms with Gasteiger partial charge in [-0.05, 0) is 42.7 Å². The molecule has 0 aliphatic carbocycles. The zero-order valence-electron chi connectivity index (χ0n) is 14.2. The minimum absolute atomic E-state index is 0.153. The first kappa shape index (κ1) is 17.2. The number of carbonyl (C=O) groups is 1. The van der Waals surface area contributed by atoms with Crippen LogP contribution in [0.25, 0.3) is 10.9 Å². The maximum absolute atomic E-state index is 12.4. The molecule has 0 aliphatic heterocycles. The molecule has 0 saturated carbocycles. The maximum Gasteiger partial charge on any atom is 0.251 e. The third-order valence-electron chi connectivity index (χ3n) is 4.24. The first-order valence-electron chi connectivity index (χ1n) is 8.00. The number of aromatic amines is 1. The highest BCUT2D eigenvalue weighted by Gasteiger charge is 2.14. The summed E-state index contributed by atoms with van der Waals surface area (Å²) in [6.45, 7) is 2.27.